The standard InChI is InChI=1S/C19H21N5O4S2/c25-30(26,24-4-6-27-7-5-24)15-2-1-14(18-20-3-8-29-18)17-16(15)22-19(28-17)23-10-12-9-13(11-23)21-12/h1-3,8,12-13,21H,4-7,9-11H2/t12-,13?/m1/s1. The minimum absolute atomic E-state index is 0.176. The molecule has 4 fully saturated rings. The van der Waals surface area contributed by atoms with Gasteiger partial charge in [0.25, 0.3) is 6.01 Å². The summed E-state index contributed by atoms with van der Waals surface area (Å²) in [5, 5.41) is 6.16. The number of piperazine rings is 1. The molecule has 1 unspecified atom stereocenters. The monoisotopic (exact) mass is 447 g/mol. The van der Waals surface area contributed by atoms with Gasteiger partial charge in [0.05, 0.1) is 18.8 Å². The third-order valence-corrected chi connectivity index (χ3v) is 8.67. The highest BCUT2D eigenvalue weighted by atomic mass is 32.2. The van der Waals surface area contributed by atoms with Gasteiger partial charge in [-0.1, -0.05) is 0 Å². The van der Waals surface area contributed by atoms with E-state index in [1.54, 1.807) is 18.3 Å². The average Bonchev–Trinajstić information content (AvgIpc) is 3.43. The Morgan fingerprint density at radius 1 is 1.17 bits per heavy atom. The van der Waals surface area contributed by atoms with Crippen LogP contribution >= 0.6 is 11.3 Å². The quantitative estimate of drug-likeness (QED) is 0.643. The minimum Gasteiger partial charge on any atom is -0.423 e. The van der Waals surface area contributed by atoms with Crippen molar-refractivity contribution in [3.05, 3.63) is 23.7 Å². The van der Waals surface area contributed by atoms with Gasteiger partial charge in [-0.15, -0.1) is 11.3 Å². The molecule has 1 N–H and O–H groups in total. The second-order valence-corrected chi connectivity index (χ2v) is 10.6. The highest BCUT2D eigenvalue weighted by Gasteiger charge is 2.39. The second kappa shape index (κ2) is 6.99. The highest BCUT2D eigenvalue weighted by Crippen LogP contribution is 2.38. The van der Waals surface area contributed by atoms with Crippen LogP contribution in [0.15, 0.2) is 33.0 Å². The van der Waals surface area contributed by atoms with Crippen LogP contribution in [0.4, 0.5) is 6.01 Å². The predicted octanol–water partition coefficient (Wildman–Crippen LogP) is 1.52. The van der Waals surface area contributed by atoms with Crippen LogP contribution in [0.1, 0.15) is 6.42 Å². The number of aromatic nitrogens is 2. The highest BCUT2D eigenvalue weighted by molar-refractivity contribution is 7.89. The van der Waals surface area contributed by atoms with E-state index >= 15 is 0 Å². The van der Waals surface area contributed by atoms with Crippen LogP contribution in [0, 0.1) is 0 Å². The number of fused-ring (bicyclic) bond motifs is 3. The van der Waals surface area contributed by atoms with Crippen molar-refractivity contribution < 1.29 is 17.6 Å². The molecule has 30 heavy (non-hydrogen) atoms. The Hall–Kier alpha value is -2.05. The number of nitrogens with zero attached hydrogens (tertiary/aromatic N) is 4. The van der Waals surface area contributed by atoms with E-state index in [9.17, 15) is 8.42 Å². The molecule has 7 rings (SSSR count). The van der Waals surface area contributed by atoms with Crippen molar-refractivity contribution in [1.29, 1.82) is 0 Å². The van der Waals surface area contributed by atoms with Crippen LogP contribution in [-0.4, -0.2) is 74.2 Å². The van der Waals surface area contributed by atoms with Gasteiger partial charge in [0.2, 0.25) is 10.0 Å². The third-order valence-electron chi connectivity index (χ3n) is 5.94. The van der Waals surface area contributed by atoms with Crippen LogP contribution in [0.5, 0.6) is 0 Å². The van der Waals surface area contributed by atoms with Gasteiger partial charge in [0.1, 0.15) is 15.4 Å². The van der Waals surface area contributed by atoms with Crippen LogP contribution in [-0.2, 0) is 14.8 Å². The lowest BCUT2D eigenvalue weighted by molar-refractivity contribution is 0.0730. The molecule has 0 amide bonds. The molecule has 4 aliphatic rings. The zero-order valence-electron chi connectivity index (χ0n) is 16.2. The van der Waals surface area contributed by atoms with Gasteiger partial charge in [0.15, 0.2) is 5.58 Å². The normalized spacial score (nSPS) is 24.9. The first kappa shape index (κ1) is 18.7. The summed E-state index contributed by atoms with van der Waals surface area (Å²) < 4.78 is 39.8. The molecule has 0 aliphatic carbocycles. The summed E-state index contributed by atoms with van der Waals surface area (Å²) in [7, 11) is -3.71. The molecule has 4 saturated heterocycles. The number of morpholine rings is 1. The van der Waals surface area contributed by atoms with Gasteiger partial charge >= 0.3 is 0 Å². The number of nitrogens with one attached hydrogen (secondary N) is 1. The molecule has 0 radical (unpaired) electrons. The number of anilines is 1. The minimum atomic E-state index is -3.71. The number of sulfonamides is 1. The van der Waals surface area contributed by atoms with Crippen molar-refractivity contribution in [3.63, 3.8) is 0 Å². The molecule has 11 heteroatoms. The van der Waals surface area contributed by atoms with Crippen molar-refractivity contribution in [3.8, 4) is 10.6 Å². The first-order valence-corrected chi connectivity index (χ1v) is 12.3. The van der Waals surface area contributed by atoms with E-state index in [1.165, 1.54) is 15.6 Å². The molecular weight excluding hydrogens is 426 g/mol. The van der Waals surface area contributed by atoms with E-state index in [4.69, 9.17) is 14.1 Å². The fourth-order valence-corrected chi connectivity index (χ4v) is 6.63. The number of benzene rings is 1. The van der Waals surface area contributed by atoms with Gasteiger partial charge < -0.3 is 19.4 Å². The van der Waals surface area contributed by atoms with Gasteiger partial charge in [-0.2, -0.15) is 9.29 Å². The number of piperidine rings is 1. The molecule has 3 aromatic rings. The predicted molar refractivity (Wildman–Crippen MR) is 112 cm³/mol. The number of thiazole rings is 1. The maximum Gasteiger partial charge on any atom is 0.298 e. The number of ether oxygens (including phenoxy) is 1. The largest absolute Gasteiger partial charge is 0.423 e. The number of rotatable bonds is 4. The number of oxazole rings is 1. The Bertz CT molecular complexity index is 1170. The lowest BCUT2D eigenvalue weighted by Gasteiger charge is -2.47. The Balaban J connectivity index is 1.49. The van der Waals surface area contributed by atoms with Crippen LogP contribution in [0.25, 0.3) is 21.7 Å². The Morgan fingerprint density at radius 2 is 1.93 bits per heavy atom. The van der Waals surface area contributed by atoms with Crippen LogP contribution in [0.3, 0.4) is 0 Å². The van der Waals surface area contributed by atoms with Crippen LogP contribution in [0.2, 0.25) is 0 Å². The number of hydrogen-bond acceptors (Lipinski definition) is 9. The maximum atomic E-state index is 13.4. The molecule has 4 aliphatic heterocycles. The van der Waals surface area contributed by atoms with E-state index in [-0.39, 0.29) is 4.90 Å². The SMILES string of the molecule is O=S(=O)(c1ccc(-c2nccs2)c2oc(N3CC4C[C@H](C3)N4)nc12)N1CCOCC1. The second-order valence-electron chi connectivity index (χ2n) is 7.84. The van der Waals surface area contributed by atoms with E-state index in [1.807, 2.05) is 5.38 Å². The first-order chi connectivity index (χ1) is 14.6. The maximum absolute atomic E-state index is 13.4. The summed E-state index contributed by atoms with van der Waals surface area (Å²) in [5.41, 5.74) is 1.61. The molecule has 2 bridgehead atoms. The third kappa shape index (κ3) is 2.95. The fraction of sp³-hybridized carbons (Fsp3) is 0.474. The van der Waals surface area contributed by atoms with E-state index in [2.05, 4.69) is 15.2 Å². The van der Waals surface area contributed by atoms with Crippen molar-refractivity contribution in [1.82, 2.24) is 19.6 Å². The summed E-state index contributed by atoms with van der Waals surface area (Å²) in [6.45, 7) is 3.08. The molecule has 6 heterocycles. The molecule has 2 atom stereocenters. The number of hydrogen-bond donors (Lipinski definition) is 1. The summed E-state index contributed by atoms with van der Waals surface area (Å²) in [4.78, 5) is 11.4. The van der Waals surface area contributed by atoms with Crippen molar-refractivity contribution in [2.24, 2.45) is 0 Å². The Kier molecular flexibility index (Phi) is 4.36. The topological polar surface area (TPSA) is 101 Å². The lowest BCUT2D eigenvalue weighted by atomic mass is 9.92. The summed E-state index contributed by atoms with van der Waals surface area (Å²) in [6, 6.07) is 4.76. The van der Waals surface area contributed by atoms with Gasteiger partial charge in [0, 0.05) is 49.8 Å². The van der Waals surface area contributed by atoms with Crippen molar-refractivity contribution in [2.45, 2.75) is 23.4 Å². The van der Waals surface area contributed by atoms with E-state index < -0.39 is 10.0 Å². The van der Waals surface area contributed by atoms with E-state index in [0.29, 0.717) is 55.5 Å². The fourth-order valence-electron chi connectivity index (χ4n) is 4.44. The molecule has 1 aromatic carbocycles. The van der Waals surface area contributed by atoms with E-state index in [0.717, 1.165) is 30.1 Å². The molecule has 158 valence electrons. The summed E-state index contributed by atoms with van der Waals surface area (Å²) in [5.74, 6) is 0. The van der Waals surface area contributed by atoms with Gasteiger partial charge in [-0.3, -0.25) is 0 Å². The lowest BCUT2D eigenvalue weighted by Crippen LogP contribution is -2.67. The molecule has 9 nitrogen and oxygen atoms in total. The summed E-state index contributed by atoms with van der Waals surface area (Å²) >= 11 is 1.49. The molecule has 0 saturated carbocycles. The first-order valence-electron chi connectivity index (χ1n) is 10.0. The van der Waals surface area contributed by atoms with Crippen molar-refractivity contribution >= 4 is 38.5 Å². The molecule has 0 spiro atoms. The van der Waals surface area contributed by atoms with Gasteiger partial charge in [-0.25, -0.2) is 13.4 Å². The Labute approximate surface area is 177 Å². The zero-order chi connectivity index (χ0) is 20.3. The molecular formula is C19H21N5O4S2. The van der Waals surface area contributed by atoms with Gasteiger partial charge in [-0.05, 0) is 18.6 Å². The van der Waals surface area contributed by atoms with Crippen LogP contribution < -0.4 is 10.2 Å². The smallest absolute Gasteiger partial charge is 0.298 e. The average molecular weight is 448 g/mol. The summed E-state index contributed by atoms with van der Waals surface area (Å²) in [6.07, 6.45) is 2.89. The Morgan fingerprint density at radius 3 is 2.63 bits per heavy atom. The van der Waals surface area contributed by atoms with Crippen molar-refractivity contribution in [2.75, 3.05) is 44.3 Å². The molecule has 2 aromatic heterocycles. The zero-order valence-corrected chi connectivity index (χ0v) is 17.8.